The van der Waals surface area contributed by atoms with Crippen molar-refractivity contribution in [2.24, 2.45) is 11.7 Å². The van der Waals surface area contributed by atoms with Crippen LogP contribution in [0.25, 0.3) is 0 Å². The average Bonchev–Trinajstić information content (AvgIpc) is 3.14. The third kappa shape index (κ3) is 3.99. The third-order valence-electron chi connectivity index (χ3n) is 5.67. The zero-order valence-electron chi connectivity index (χ0n) is 16.1. The quantitative estimate of drug-likeness (QED) is 0.818. The van der Waals surface area contributed by atoms with Gasteiger partial charge in [-0.25, -0.2) is 4.68 Å². The minimum absolute atomic E-state index is 0.0729. The number of likely N-dealkylation sites (tertiary alicyclic amines) is 1. The fraction of sp³-hybridized carbons (Fsp3) is 0.579. The summed E-state index contributed by atoms with van der Waals surface area (Å²) in [5, 5.41) is 13.3. The van der Waals surface area contributed by atoms with Gasteiger partial charge in [-0.15, -0.1) is 5.10 Å². The molecule has 0 radical (unpaired) electrons. The van der Waals surface area contributed by atoms with Gasteiger partial charge in [0.2, 0.25) is 5.91 Å². The van der Waals surface area contributed by atoms with E-state index in [9.17, 15) is 4.79 Å². The Morgan fingerprint density at radius 1 is 1.33 bits per heavy atom. The van der Waals surface area contributed by atoms with Crippen molar-refractivity contribution in [2.75, 3.05) is 13.1 Å². The van der Waals surface area contributed by atoms with E-state index in [0.29, 0.717) is 5.02 Å². The molecule has 1 aliphatic rings. The van der Waals surface area contributed by atoms with Crippen molar-refractivity contribution in [3.63, 3.8) is 0 Å². The lowest BCUT2D eigenvalue weighted by atomic mass is 9.93. The first-order valence-electron chi connectivity index (χ1n) is 9.41. The maximum Gasteiger partial charge on any atom is 0.220 e. The summed E-state index contributed by atoms with van der Waals surface area (Å²) in [5.74, 6) is 0.476. The van der Waals surface area contributed by atoms with Gasteiger partial charge in [0.05, 0.1) is 11.6 Å². The van der Waals surface area contributed by atoms with Crippen LogP contribution in [0, 0.1) is 5.92 Å². The molecular weight excluding hydrogens is 364 g/mol. The fourth-order valence-corrected chi connectivity index (χ4v) is 3.82. The Hall–Kier alpha value is -1.99. The number of nitrogens with zero attached hydrogens (tertiary/aromatic N) is 5. The molecule has 7 nitrogen and oxygen atoms in total. The van der Waals surface area contributed by atoms with Crippen LogP contribution < -0.4 is 5.73 Å². The van der Waals surface area contributed by atoms with Gasteiger partial charge in [-0.3, -0.25) is 9.69 Å². The second kappa shape index (κ2) is 7.94. The molecular formula is C19H27ClN6O. The zero-order chi connectivity index (χ0) is 19.6. The molecule has 0 aliphatic carbocycles. The van der Waals surface area contributed by atoms with Gasteiger partial charge in [0.15, 0.2) is 5.82 Å². The SMILES string of the molecule is CCC(C)(C)n1nnnc1[C@@H](c1ccccc1Cl)N1CCC(C(N)=O)CC1. The van der Waals surface area contributed by atoms with Crippen LogP contribution in [0.5, 0.6) is 0 Å². The van der Waals surface area contributed by atoms with Crippen molar-refractivity contribution in [3.05, 3.63) is 40.7 Å². The molecule has 0 bridgehead atoms. The van der Waals surface area contributed by atoms with Gasteiger partial charge in [0.25, 0.3) is 0 Å². The lowest BCUT2D eigenvalue weighted by Crippen LogP contribution is -2.42. The predicted octanol–water partition coefficient (Wildman–Crippen LogP) is 2.76. The van der Waals surface area contributed by atoms with Crippen LogP contribution in [0.15, 0.2) is 24.3 Å². The van der Waals surface area contributed by atoms with Crippen molar-refractivity contribution in [1.29, 1.82) is 0 Å². The molecule has 3 rings (SSSR count). The van der Waals surface area contributed by atoms with Gasteiger partial charge in [-0.2, -0.15) is 0 Å². The molecule has 1 fully saturated rings. The van der Waals surface area contributed by atoms with Crippen molar-refractivity contribution < 1.29 is 4.79 Å². The van der Waals surface area contributed by atoms with Crippen molar-refractivity contribution >= 4 is 17.5 Å². The molecule has 1 aromatic carbocycles. The van der Waals surface area contributed by atoms with E-state index >= 15 is 0 Å². The Bertz CT molecular complexity index is 797. The highest BCUT2D eigenvalue weighted by Crippen LogP contribution is 2.36. The number of amides is 1. The summed E-state index contributed by atoms with van der Waals surface area (Å²) in [6, 6.07) is 7.63. The molecule has 0 saturated carbocycles. The molecule has 27 heavy (non-hydrogen) atoms. The summed E-state index contributed by atoms with van der Waals surface area (Å²) in [4.78, 5) is 13.9. The van der Waals surface area contributed by atoms with E-state index < -0.39 is 0 Å². The third-order valence-corrected chi connectivity index (χ3v) is 6.02. The second-order valence-corrected chi connectivity index (χ2v) is 8.16. The molecule has 2 heterocycles. The average molecular weight is 391 g/mol. The summed E-state index contributed by atoms with van der Waals surface area (Å²) in [6.45, 7) is 7.84. The Morgan fingerprint density at radius 2 is 2.00 bits per heavy atom. The number of benzene rings is 1. The number of hydrogen-bond acceptors (Lipinski definition) is 5. The van der Waals surface area contributed by atoms with Gasteiger partial charge in [0, 0.05) is 10.9 Å². The van der Waals surface area contributed by atoms with Crippen LogP contribution in [0.4, 0.5) is 0 Å². The van der Waals surface area contributed by atoms with Gasteiger partial charge >= 0.3 is 0 Å². The number of tetrazole rings is 1. The molecule has 1 aromatic heterocycles. The number of carbonyl (C=O) groups excluding carboxylic acids is 1. The molecule has 2 aromatic rings. The standard InChI is InChI=1S/C19H27ClN6O/c1-4-19(2,3)26-18(22-23-24-26)16(14-7-5-6-8-15(14)20)25-11-9-13(10-12-25)17(21)27/h5-8,13,16H,4,9-12H2,1-3H3,(H2,21,27)/t16-/m1/s1. The summed E-state index contributed by atoms with van der Waals surface area (Å²) < 4.78 is 1.90. The Balaban J connectivity index is 2.02. The summed E-state index contributed by atoms with van der Waals surface area (Å²) in [6.07, 6.45) is 2.36. The number of nitrogens with two attached hydrogens (primary N) is 1. The highest BCUT2D eigenvalue weighted by molar-refractivity contribution is 6.31. The van der Waals surface area contributed by atoms with E-state index in [1.165, 1.54) is 0 Å². The molecule has 0 spiro atoms. The largest absolute Gasteiger partial charge is 0.369 e. The van der Waals surface area contributed by atoms with Gasteiger partial charge in [0.1, 0.15) is 0 Å². The molecule has 1 saturated heterocycles. The van der Waals surface area contributed by atoms with Gasteiger partial charge in [-0.05, 0) is 68.3 Å². The number of hydrogen-bond donors (Lipinski definition) is 1. The molecule has 2 N–H and O–H groups in total. The predicted molar refractivity (Wildman–Crippen MR) is 104 cm³/mol. The van der Waals surface area contributed by atoms with Crippen LogP contribution in [0.3, 0.4) is 0 Å². The molecule has 0 unspecified atom stereocenters. The van der Waals surface area contributed by atoms with E-state index in [4.69, 9.17) is 17.3 Å². The smallest absolute Gasteiger partial charge is 0.220 e. The summed E-state index contributed by atoms with van der Waals surface area (Å²) in [7, 11) is 0. The van der Waals surface area contributed by atoms with E-state index in [-0.39, 0.29) is 23.4 Å². The second-order valence-electron chi connectivity index (χ2n) is 7.75. The first-order chi connectivity index (χ1) is 12.8. The minimum atomic E-state index is -0.221. The van der Waals surface area contributed by atoms with Crippen molar-refractivity contribution in [2.45, 2.75) is 51.6 Å². The van der Waals surface area contributed by atoms with E-state index in [1.807, 2.05) is 28.9 Å². The topological polar surface area (TPSA) is 89.9 Å². The normalized spacial score (nSPS) is 17.8. The maximum absolute atomic E-state index is 11.6. The monoisotopic (exact) mass is 390 g/mol. The van der Waals surface area contributed by atoms with Crippen LogP contribution in [-0.2, 0) is 10.3 Å². The minimum Gasteiger partial charge on any atom is -0.369 e. The van der Waals surface area contributed by atoms with E-state index in [2.05, 4.69) is 41.2 Å². The molecule has 1 amide bonds. The number of piperidine rings is 1. The lowest BCUT2D eigenvalue weighted by molar-refractivity contribution is -0.123. The number of halogens is 1. The molecule has 1 aliphatic heterocycles. The maximum atomic E-state index is 11.6. The first-order valence-corrected chi connectivity index (χ1v) is 9.79. The molecule has 1 atom stereocenters. The Labute approximate surface area is 164 Å². The van der Waals surface area contributed by atoms with Crippen molar-refractivity contribution in [1.82, 2.24) is 25.1 Å². The highest BCUT2D eigenvalue weighted by atomic mass is 35.5. The fourth-order valence-electron chi connectivity index (χ4n) is 3.58. The Kier molecular flexibility index (Phi) is 5.81. The number of carbonyl (C=O) groups is 1. The van der Waals surface area contributed by atoms with Crippen molar-refractivity contribution in [3.8, 4) is 0 Å². The van der Waals surface area contributed by atoms with Crippen LogP contribution >= 0.6 is 11.6 Å². The number of rotatable bonds is 6. The van der Waals surface area contributed by atoms with Crippen LogP contribution in [0.1, 0.15) is 57.5 Å². The van der Waals surface area contributed by atoms with Crippen LogP contribution in [0.2, 0.25) is 5.02 Å². The van der Waals surface area contributed by atoms with Crippen LogP contribution in [-0.4, -0.2) is 44.1 Å². The molecule has 8 heteroatoms. The van der Waals surface area contributed by atoms with E-state index in [1.54, 1.807) is 0 Å². The Morgan fingerprint density at radius 3 is 2.59 bits per heavy atom. The van der Waals surface area contributed by atoms with E-state index in [0.717, 1.165) is 43.7 Å². The molecule has 146 valence electrons. The van der Waals surface area contributed by atoms with Gasteiger partial charge in [-0.1, -0.05) is 36.7 Å². The first kappa shape index (κ1) is 19.8. The summed E-state index contributed by atoms with van der Waals surface area (Å²) in [5.41, 5.74) is 6.26. The number of primary amides is 1. The zero-order valence-corrected chi connectivity index (χ0v) is 16.9. The van der Waals surface area contributed by atoms with Gasteiger partial charge < -0.3 is 5.73 Å². The number of aromatic nitrogens is 4. The highest BCUT2D eigenvalue weighted by Gasteiger charge is 2.36. The summed E-state index contributed by atoms with van der Waals surface area (Å²) >= 11 is 6.56. The lowest BCUT2D eigenvalue weighted by Gasteiger charge is -2.37.